The van der Waals surface area contributed by atoms with Crippen molar-refractivity contribution in [2.24, 2.45) is 5.73 Å². The van der Waals surface area contributed by atoms with Gasteiger partial charge in [-0.05, 0) is 58.1 Å². The van der Waals surface area contributed by atoms with Crippen molar-refractivity contribution >= 4 is 29.4 Å². The van der Waals surface area contributed by atoms with Crippen LogP contribution in [0.2, 0.25) is 0 Å². The van der Waals surface area contributed by atoms with Crippen LogP contribution >= 0.6 is 11.5 Å². The SMILES string of the molecule is Cc1cc(Cc2nc(N3CCCC(NC(=O)OC(C)(C)C)C3)cnc2C(N)=O)sn1. The molecule has 1 fully saturated rings. The summed E-state index contributed by atoms with van der Waals surface area (Å²) in [5.74, 6) is 0.0559. The number of ether oxygens (including phenoxy) is 1. The number of carbonyl (C=O) groups excluding carboxylic acids is 2. The standard InChI is InChI=1S/C20H28N6O3S/c1-12-8-14(30-25-12)9-15-17(18(21)27)22-10-16(24-15)26-7-5-6-13(11-26)23-19(28)29-20(2,3)4/h8,10,13H,5-7,9,11H2,1-4H3,(H2,21,27)(H,23,28). The van der Waals surface area contributed by atoms with E-state index in [1.165, 1.54) is 11.5 Å². The van der Waals surface area contributed by atoms with E-state index in [4.69, 9.17) is 15.5 Å². The number of alkyl carbamates (subject to hydrolysis) is 1. The number of aromatic nitrogens is 3. The smallest absolute Gasteiger partial charge is 0.407 e. The Balaban J connectivity index is 1.75. The Morgan fingerprint density at radius 3 is 2.80 bits per heavy atom. The first-order valence-electron chi connectivity index (χ1n) is 9.93. The molecule has 1 saturated heterocycles. The minimum atomic E-state index is -0.603. The maximum Gasteiger partial charge on any atom is 0.407 e. The molecule has 3 N–H and O–H groups in total. The van der Waals surface area contributed by atoms with E-state index >= 15 is 0 Å². The third-order valence-corrected chi connectivity index (χ3v) is 5.43. The highest BCUT2D eigenvalue weighted by Gasteiger charge is 2.26. The van der Waals surface area contributed by atoms with Crippen molar-refractivity contribution in [2.45, 2.75) is 58.6 Å². The first-order valence-corrected chi connectivity index (χ1v) is 10.7. The van der Waals surface area contributed by atoms with E-state index in [1.54, 1.807) is 6.20 Å². The molecule has 10 heteroatoms. The molecule has 3 heterocycles. The number of nitrogens with two attached hydrogens (primary N) is 1. The summed E-state index contributed by atoms with van der Waals surface area (Å²) in [5, 5.41) is 2.93. The molecule has 1 aliphatic heterocycles. The van der Waals surface area contributed by atoms with Gasteiger partial charge in [-0.2, -0.15) is 4.37 Å². The van der Waals surface area contributed by atoms with Crippen LogP contribution in [0.3, 0.4) is 0 Å². The predicted octanol–water partition coefficient (Wildman–Crippen LogP) is 2.42. The van der Waals surface area contributed by atoms with Gasteiger partial charge in [0.2, 0.25) is 0 Å². The summed E-state index contributed by atoms with van der Waals surface area (Å²) in [5.41, 5.74) is 6.59. The number of rotatable bonds is 5. The average Bonchev–Trinajstić information content (AvgIpc) is 3.04. The minimum absolute atomic E-state index is 0.0567. The number of primary amides is 1. The highest BCUT2D eigenvalue weighted by Crippen LogP contribution is 2.22. The lowest BCUT2D eigenvalue weighted by molar-refractivity contribution is 0.0499. The molecular weight excluding hydrogens is 404 g/mol. The van der Waals surface area contributed by atoms with Crippen molar-refractivity contribution in [3.8, 4) is 0 Å². The minimum Gasteiger partial charge on any atom is -0.444 e. The van der Waals surface area contributed by atoms with Gasteiger partial charge in [-0.25, -0.2) is 14.8 Å². The van der Waals surface area contributed by atoms with Crippen LogP contribution < -0.4 is 16.0 Å². The number of carbonyl (C=O) groups is 2. The molecule has 0 saturated carbocycles. The van der Waals surface area contributed by atoms with Crippen molar-refractivity contribution in [3.63, 3.8) is 0 Å². The van der Waals surface area contributed by atoms with E-state index in [1.807, 2.05) is 33.8 Å². The summed E-state index contributed by atoms with van der Waals surface area (Å²) in [4.78, 5) is 36.0. The number of nitrogens with one attached hydrogen (secondary N) is 1. The Bertz CT molecular complexity index is 924. The van der Waals surface area contributed by atoms with E-state index in [-0.39, 0.29) is 11.7 Å². The zero-order chi connectivity index (χ0) is 21.9. The molecule has 9 nitrogen and oxygen atoms in total. The average molecular weight is 433 g/mol. The van der Waals surface area contributed by atoms with E-state index in [0.29, 0.717) is 24.5 Å². The van der Waals surface area contributed by atoms with Gasteiger partial charge < -0.3 is 20.7 Å². The topological polar surface area (TPSA) is 123 Å². The van der Waals surface area contributed by atoms with Crippen LogP contribution in [-0.2, 0) is 11.2 Å². The number of aryl methyl sites for hydroxylation is 1. The van der Waals surface area contributed by atoms with Crippen molar-refractivity contribution in [1.29, 1.82) is 0 Å². The molecule has 0 aromatic carbocycles. The normalized spacial score (nSPS) is 16.9. The molecule has 1 unspecified atom stereocenters. The zero-order valence-corrected chi connectivity index (χ0v) is 18.6. The summed E-state index contributed by atoms with van der Waals surface area (Å²) in [6.07, 6.45) is 3.33. The number of nitrogens with zero attached hydrogens (tertiary/aromatic N) is 4. The number of anilines is 1. The lowest BCUT2D eigenvalue weighted by Gasteiger charge is -2.34. The fraction of sp³-hybridized carbons (Fsp3) is 0.550. The molecule has 1 atom stereocenters. The van der Waals surface area contributed by atoms with Gasteiger partial charge in [0, 0.05) is 30.4 Å². The van der Waals surface area contributed by atoms with Crippen LogP contribution in [0.1, 0.15) is 60.4 Å². The van der Waals surface area contributed by atoms with Crippen molar-refractivity contribution < 1.29 is 14.3 Å². The van der Waals surface area contributed by atoms with Gasteiger partial charge in [0.25, 0.3) is 5.91 Å². The molecule has 0 aliphatic carbocycles. The summed E-state index contributed by atoms with van der Waals surface area (Å²) < 4.78 is 9.64. The molecule has 0 radical (unpaired) electrons. The molecule has 0 bridgehead atoms. The fourth-order valence-corrected chi connectivity index (χ4v) is 4.08. The Kier molecular flexibility index (Phi) is 6.55. The van der Waals surface area contributed by atoms with Gasteiger partial charge in [0.1, 0.15) is 17.1 Å². The summed E-state index contributed by atoms with van der Waals surface area (Å²) >= 11 is 1.37. The second kappa shape index (κ2) is 8.95. The van der Waals surface area contributed by atoms with Gasteiger partial charge >= 0.3 is 6.09 Å². The molecule has 3 rings (SSSR count). The molecule has 1 aliphatic rings. The molecule has 162 valence electrons. The van der Waals surface area contributed by atoms with Crippen molar-refractivity contribution in [3.05, 3.63) is 34.2 Å². The zero-order valence-electron chi connectivity index (χ0n) is 17.8. The maximum atomic E-state index is 12.1. The van der Waals surface area contributed by atoms with Crippen molar-refractivity contribution in [1.82, 2.24) is 19.7 Å². The Morgan fingerprint density at radius 2 is 2.17 bits per heavy atom. The van der Waals surface area contributed by atoms with Crippen LogP contribution in [0.4, 0.5) is 10.6 Å². The lowest BCUT2D eigenvalue weighted by atomic mass is 10.1. The third kappa shape index (κ3) is 5.88. The predicted molar refractivity (Wildman–Crippen MR) is 115 cm³/mol. The molecule has 2 amide bonds. The highest BCUT2D eigenvalue weighted by molar-refractivity contribution is 7.05. The summed E-state index contributed by atoms with van der Waals surface area (Å²) in [6.45, 7) is 8.80. The number of hydrogen-bond donors (Lipinski definition) is 2. The highest BCUT2D eigenvalue weighted by atomic mass is 32.1. The van der Waals surface area contributed by atoms with Crippen LogP contribution in [0.25, 0.3) is 0 Å². The second-order valence-corrected chi connectivity index (χ2v) is 9.32. The van der Waals surface area contributed by atoms with Crippen LogP contribution in [-0.4, -0.2) is 51.1 Å². The van der Waals surface area contributed by atoms with E-state index < -0.39 is 17.6 Å². The number of hydrogen-bond acceptors (Lipinski definition) is 8. The van der Waals surface area contributed by atoms with Crippen LogP contribution in [0, 0.1) is 6.92 Å². The van der Waals surface area contributed by atoms with E-state index in [0.717, 1.165) is 30.0 Å². The van der Waals surface area contributed by atoms with Gasteiger partial charge in [-0.3, -0.25) is 4.79 Å². The first-order chi connectivity index (χ1) is 14.1. The van der Waals surface area contributed by atoms with E-state index in [9.17, 15) is 9.59 Å². The quantitative estimate of drug-likeness (QED) is 0.744. The summed E-state index contributed by atoms with van der Waals surface area (Å²) in [6, 6.07) is 1.91. The number of piperidine rings is 1. The molecule has 2 aromatic heterocycles. The first kappa shape index (κ1) is 21.9. The Hall–Kier alpha value is -2.75. The van der Waals surface area contributed by atoms with Crippen LogP contribution in [0.15, 0.2) is 12.3 Å². The van der Waals surface area contributed by atoms with Gasteiger partial charge in [-0.1, -0.05) is 0 Å². The van der Waals surface area contributed by atoms with E-state index in [2.05, 4.69) is 19.6 Å². The molecular formula is C20H28N6O3S. The van der Waals surface area contributed by atoms with Crippen molar-refractivity contribution in [2.75, 3.05) is 18.0 Å². The third-order valence-electron chi connectivity index (χ3n) is 4.55. The fourth-order valence-electron chi connectivity index (χ4n) is 3.34. The second-order valence-electron chi connectivity index (χ2n) is 8.43. The lowest BCUT2D eigenvalue weighted by Crippen LogP contribution is -2.49. The van der Waals surface area contributed by atoms with Gasteiger partial charge in [-0.15, -0.1) is 0 Å². The largest absolute Gasteiger partial charge is 0.444 e. The molecule has 30 heavy (non-hydrogen) atoms. The van der Waals surface area contributed by atoms with Gasteiger partial charge in [0.05, 0.1) is 17.6 Å². The Labute approximate surface area is 180 Å². The molecule has 0 spiro atoms. The number of amides is 2. The maximum absolute atomic E-state index is 12.1. The Morgan fingerprint density at radius 1 is 1.40 bits per heavy atom. The monoisotopic (exact) mass is 432 g/mol. The van der Waals surface area contributed by atoms with Gasteiger partial charge in [0.15, 0.2) is 0 Å². The van der Waals surface area contributed by atoms with Crippen LogP contribution in [0.5, 0.6) is 0 Å². The molecule has 2 aromatic rings. The summed E-state index contributed by atoms with van der Waals surface area (Å²) in [7, 11) is 0.